The van der Waals surface area contributed by atoms with Gasteiger partial charge in [-0.2, -0.15) is 0 Å². The molecule has 0 fully saturated rings. The standard InChI is InChI=1S/C20H30O4/c1-4-5-6-7-8-9-10-11-12-18-15-19(23-16(2)21)13-14-20(18)24-17(3)22/h13-15H,4-12H2,1-3H3. The van der Waals surface area contributed by atoms with Crippen molar-refractivity contribution in [1.82, 2.24) is 0 Å². The fourth-order valence-electron chi connectivity index (χ4n) is 2.68. The van der Waals surface area contributed by atoms with Crippen molar-refractivity contribution < 1.29 is 19.1 Å². The molecule has 0 aliphatic heterocycles. The molecular formula is C20H30O4. The number of hydrogen-bond donors (Lipinski definition) is 0. The Morgan fingerprint density at radius 3 is 2.00 bits per heavy atom. The molecule has 1 aromatic carbocycles. The predicted octanol–water partition coefficient (Wildman–Crippen LogP) is 5.22. The Morgan fingerprint density at radius 1 is 0.833 bits per heavy atom. The molecule has 0 aliphatic carbocycles. The summed E-state index contributed by atoms with van der Waals surface area (Å²) in [6.45, 7) is 4.99. The Morgan fingerprint density at radius 2 is 1.42 bits per heavy atom. The first-order valence-electron chi connectivity index (χ1n) is 9.02. The number of aryl methyl sites for hydroxylation is 1. The normalized spacial score (nSPS) is 10.5. The average Bonchev–Trinajstić information content (AvgIpc) is 2.51. The van der Waals surface area contributed by atoms with Crippen LogP contribution in [0.2, 0.25) is 0 Å². The van der Waals surface area contributed by atoms with Crippen LogP contribution in [-0.4, -0.2) is 11.9 Å². The van der Waals surface area contributed by atoms with Crippen molar-refractivity contribution in [1.29, 1.82) is 0 Å². The summed E-state index contributed by atoms with van der Waals surface area (Å²) in [6, 6.07) is 5.14. The van der Waals surface area contributed by atoms with Gasteiger partial charge >= 0.3 is 11.9 Å². The predicted molar refractivity (Wildman–Crippen MR) is 95.4 cm³/mol. The zero-order chi connectivity index (χ0) is 17.8. The summed E-state index contributed by atoms with van der Waals surface area (Å²) in [5.41, 5.74) is 0.912. The zero-order valence-corrected chi connectivity index (χ0v) is 15.2. The van der Waals surface area contributed by atoms with Crippen LogP contribution in [0.4, 0.5) is 0 Å². The topological polar surface area (TPSA) is 52.6 Å². The van der Waals surface area contributed by atoms with Gasteiger partial charge in [0.2, 0.25) is 0 Å². The van der Waals surface area contributed by atoms with E-state index in [-0.39, 0.29) is 11.9 Å². The van der Waals surface area contributed by atoms with Crippen LogP contribution in [0.15, 0.2) is 18.2 Å². The van der Waals surface area contributed by atoms with Crippen molar-refractivity contribution in [2.75, 3.05) is 0 Å². The number of carbonyl (C=O) groups excluding carboxylic acids is 2. The summed E-state index contributed by atoms with van der Waals surface area (Å²) in [7, 11) is 0. The minimum atomic E-state index is -0.353. The molecule has 0 radical (unpaired) electrons. The molecule has 1 rings (SSSR count). The molecule has 0 heterocycles. The summed E-state index contributed by atoms with van der Waals surface area (Å²) >= 11 is 0. The molecule has 134 valence electrons. The maximum absolute atomic E-state index is 11.2. The first-order chi connectivity index (χ1) is 11.5. The third-order valence-electron chi connectivity index (χ3n) is 3.85. The molecule has 0 amide bonds. The highest BCUT2D eigenvalue weighted by molar-refractivity contribution is 5.71. The Hall–Kier alpha value is -1.84. The van der Waals surface area contributed by atoms with Gasteiger partial charge in [-0.3, -0.25) is 9.59 Å². The number of hydrogen-bond acceptors (Lipinski definition) is 4. The van der Waals surface area contributed by atoms with E-state index >= 15 is 0 Å². The maximum Gasteiger partial charge on any atom is 0.308 e. The maximum atomic E-state index is 11.2. The highest BCUT2D eigenvalue weighted by Gasteiger charge is 2.09. The first-order valence-corrected chi connectivity index (χ1v) is 9.02. The summed E-state index contributed by atoms with van der Waals surface area (Å²) in [5, 5.41) is 0. The molecule has 0 aliphatic rings. The highest BCUT2D eigenvalue weighted by Crippen LogP contribution is 2.26. The minimum Gasteiger partial charge on any atom is -0.427 e. The number of benzene rings is 1. The van der Waals surface area contributed by atoms with Gasteiger partial charge in [-0.05, 0) is 36.6 Å². The van der Waals surface area contributed by atoms with Gasteiger partial charge in [0.05, 0.1) is 0 Å². The monoisotopic (exact) mass is 334 g/mol. The Balaban J connectivity index is 2.50. The summed E-state index contributed by atoms with van der Waals surface area (Å²) in [4.78, 5) is 22.3. The van der Waals surface area contributed by atoms with Crippen molar-refractivity contribution in [3.8, 4) is 11.5 Å². The molecule has 4 nitrogen and oxygen atoms in total. The van der Waals surface area contributed by atoms with E-state index < -0.39 is 0 Å². The third kappa shape index (κ3) is 8.70. The molecular weight excluding hydrogens is 304 g/mol. The zero-order valence-electron chi connectivity index (χ0n) is 15.2. The van der Waals surface area contributed by atoms with Crippen LogP contribution >= 0.6 is 0 Å². The lowest BCUT2D eigenvalue weighted by atomic mass is 10.0. The highest BCUT2D eigenvalue weighted by atomic mass is 16.5. The molecule has 0 saturated heterocycles. The van der Waals surface area contributed by atoms with E-state index in [1.54, 1.807) is 18.2 Å². The molecule has 1 aromatic rings. The molecule has 0 spiro atoms. The quantitative estimate of drug-likeness (QED) is 0.316. The lowest BCUT2D eigenvalue weighted by Gasteiger charge is -2.11. The minimum absolute atomic E-state index is 0.340. The van der Waals surface area contributed by atoms with Crippen LogP contribution < -0.4 is 9.47 Å². The SMILES string of the molecule is CCCCCCCCCCc1cc(OC(C)=O)ccc1OC(C)=O. The Bertz CT molecular complexity index is 522. The van der Waals surface area contributed by atoms with E-state index in [2.05, 4.69) is 6.92 Å². The van der Waals surface area contributed by atoms with Crippen molar-refractivity contribution in [2.24, 2.45) is 0 Å². The lowest BCUT2D eigenvalue weighted by molar-refractivity contribution is -0.133. The van der Waals surface area contributed by atoms with Gasteiger partial charge in [-0.1, -0.05) is 51.9 Å². The van der Waals surface area contributed by atoms with Gasteiger partial charge in [0.25, 0.3) is 0 Å². The van der Waals surface area contributed by atoms with Crippen LogP contribution in [0.3, 0.4) is 0 Å². The fourth-order valence-corrected chi connectivity index (χ4v) is 2.68. The molecule has 0 saturated carbocycles. The van der Waals surface area contributed by atoms with Crippen LogP contribution in [0.1, 0.15) is 77.7 Å². The van der Waals surface area contributed by atoms with E-state index in [4.69, 9.17) is 9.47 Å². The van der Waals surface area contributed by atoms with Crippen molar-refractivity contribution in [2.45, 2.75) is 78.6 Å². The second kappa shape index (κ2) is 11.7. The van der Waals surface area contributed by atoms with Gasteiger partial charge in [0.15, 0.2) is 0 Å². The lowest BCUT2D eigenvalue weighted by Crippen LogP contribution is -2.06. The van der Waals surface area contributed by atoms with E-state index in [1.165, 1.54) is 52.4 Å². The van der Waals surface area contributed by atoms with E-state index in [0.717, 1.165) is 24.8 Å². The molecule has 0 unspecified atom stereocenters. The van der Waals surface area contributed by atoms with Gasteiger partial charge in [0.1, 0.15) is 11.5 Å². The fraction of sp³-hybridized carbons (Fsp3) is 0.600. The van der Waals surface area contributed by atoms with E-state index in [1.807, 2.05) is 0 Å². The third-order valence-corrected chi connectivity index (χ3v) is 3.85. The largest absolute Gasteiger partial charge is 0.427 e. The first kappa shape index (κ1) is 20.2. The number of rotatable bonds is 11. The van der Waals surface area contributed by atoms with Gasteiger partial charge < -0.3 is 9.47 Å². The van der Waals surface area contributed by atoms with Gasteiger partial charge in [0, 0.05) is 13.8 Å². The number of carbonyl (C=O) groups is 2. The van der Waals surface area contributed by atoms with Crippen LogP contribution in [0.5, 0.6) is 11.5 Å². The molecule has 0 N–H and O–H groups in total. The van der Waals surface area contributed by atoms with Crippen LogP contribution in [0.25, 0.3) is 0 Å². The second-order valence-corrected chi connectivity index (χ2v) is 6.18. The average molecular weight is 334 g/mol. The Kier molecular flexibility index (Phi) is 9.81. The molecule has 24 heavy (non-hydrogen) atoms. The second-order valence-electron chi connectivity index (χ2n) is 6.18. The number of esters is 2. The molecule has 0 bridgehead atoms. The number of unbranched alkanes of at least 4 members (excludes halogenated alkanes) is 7. The van der Waals surface area contributed by atoms with Crippen LogP contribution in [0, 0.1) is 0 Å². The summed E-state index contributed by atoms with van der Waals surface area (Å²) in [6.07, 6.45) is 10.8. The summed E-state index contributed by atoms with van der Waals surface area (Å²) in [5.74, 6) is 0.356. The molecule has 0 atom stereocenters. The van der Waals surface area contributed by atoms with Crippen molar-refractivity contribution >= 4 is 11.9 Å². The van der Waals surface area contributed by atoms with Crippen molar-refractivity contribution in [3.63, 3.8) is 0 Å². The number of ether oxygens (including phenoxy) is 2. The van der Waals surface area contributed by atoms with Gasteiger partial charge in [-0.15, -0.1) is 0 Å². The molecule has 0 aromatic heterocycles. The Labute approximate surface area is 145 Å². The smallest absolute Gasteiger partial charge is 0.308 e. The van der Waals surface area contributed by atoms with Crippen molar-refractivity contribution in [3.05, 3.63) is 23.8 Å². The molecule has 4 heteroatoms. The van der Waals surface area contributed by atoms with E-state index in [0.29, 0.717) is 11.5 Å². The van der Waals surface area contributed by atoms with Crippen LogP contribution in [-0.2, 0) is 16.0 Å². The summed E-state index contributed by atoms with van der Waals surface area (Å²) < 4.78 is 10.4. The van der Waals surface area contributed by atoms with Gasteiger partial charge in [-0.25, -0.2) is 0 Å². The van der Waals surface area contributed by atoms with E-state index in [9.17, 15) is 9.59 Å².